The second kappa shape index (κ2) is 15.9. The Morgan fingerprint density at radius 1 is 0.365 bits per heavy atom. The number of hydrogen-bond acceptors (Lipinski definition) is 2. The van der Waals surface area contributed by atoms with Gasteiger partial charge in [-0.2, -0.15) is 0 Å². The van der Waals surface area contributed by atoms with Crippen LogP contribution in [0, 0.1) is 17.8 Å². The molecular weight excluding hydrogens is 1030 g/mol. The van der Waals surface area contributed by atoms with Crippen molar-refractivity contribution in [2.75, 3.05) is 0 Å². The van der Waals surface area contributed by atoms with Crippen LogP contribution in [0.5, 0.6) is 0 Å². The van der Waals surface area contributed by atoms with Crippen LogP contribution in [0.25, 0.3) is 82.6 Å². The van der Waals surface area contributed by atoms with Crippen molar-refractivity contribution in [1.29, 1.82) is 0 Å². The molecular formula is C82H63N3. The van der Waals surface area contributed by atoms with Gasteiger partial charge in [-0.05, 0) is 168 Å². The minimum absolute atomic E-state index is 0.116. The lowest BCUT2D eigenvalue weighted by Gasteiger charge is -2.57. The van der Waals surface area contributed by atoms with Gasteiger partial charge in [0.05, 0.1) is 51.2 Å². The first-order valence-corrected chi connectivity index (χ1v) is 31.5. The number of rotatable bonds is 3. The van der Waals surface area contributed by atoms with Crippen molar-refractivity contribution >= 4 is 38.1 Å². The molecule has 9 aromatic carbocycles. The van der Waals surface area contributed by atoms with E-state index < -0.39 is 10.8 Å². The van der Waals surface area contributed by atoms with Crippen molar-refractivity contribution < 1.29 is 0 Å². The van der Waals surface area contributed by atoms with Crippen molar-refractivity contribution in [2.24, 2.45) is 17.8 Å². The Morgan fingerprint density at radius 3 is 1.08 bits per heavy atom. The van der Waals surface area contributed by atoms with E-state index in [1.165, 1.54) is 166 Å². The molecule has 0 saturated heterocycles. The van der Waals surface area contributed by atoms with Crippen LogP contribution in [0.4, 0.5) is 0 Å². The van der Waals surface area contributed by atoms with Crippen LogP contribution in [0.15, 0.2) is 219 Å². The fraction of sp³-hybridized carbons (Fsp3) is 0.220. The maximum atomic E-state index is 6.09. The third-order valence-corrected chi connectivity index (χ3v) is 23.5. The number of benzene rings is 9. The average molecular weight is 1090 g/mol. The molecule has 8 aliphatic rings. The van der Waals surface area contributed by atoms with Crippen molar-refractivity contribution in [3.63, 3.8) is 0 Å². The molecule has 406 valence electrons. The Hall–Kier alpha value is -8.92. The standard InChI is InChI=1S/C82H63N3/c1-78(2)57-27-11-15-31-61(57)81(62-32-16-12-28-58(62)78)65-35-19-25-53(50-21-7-5-8-22-50)69(65)73-71-55-40-52(80-42-47-37-48(43-80)39-49(38-47)44-80)41-56-72-68(85(75(55)56)67(71)45-83-76(73)81)46-84-77-74(72)70-54(51-23-9-6-10-24-51)26-20-36-66(70)82(77)63-33-17-13-29-59(63)79(3,4)60-30-14-18-34-64(60)82/h5-36,40-41,45-49H,37-39,42-44H2,1-4H3. The zero-order valence-electron chi connectivity index (χ0n) is 48.6. The molecule has 4 saturated carbocycles. The van der Waals surface area contributed by atoms with E-state index in [0.29, 0.717) is 0 Å². The van der Waals surface area contributed by atoms with Gasteiger partial charge in [0.25, 0.3) is 0 Å². The van der Waals surface area contributed by atoms with E-state index in [1.54, 1.807) is 5.56 Å². The molecule has 0 unspecified atom stereocenters. The van der Waals surface area contributed by atoms with Crippen LogP contribution in [0.2, 0.25) is 0 Å². The van der Waals surface area contributed by atoms with Crippen molar-refractivity contribution in [1.82, 2.24) is 14.4 Å². The Morgan fingerprint density at radius 2 is 0.706 bits per heavy atom. The highest BCUT2D eigenvalue weighted by Gasteiger charge is 2.59. The highest BCUT2D eigenvalue weighted by molar-refractivity contribution is 6.30. The second-order valence-corrected chi connectivity index (χ2v) is 28.1. The van der Waals surface area contributed by atoms with E-state index in [9.17, 15) is 0 Å². The summed E-state index contributed by atoms with van der Waals surface area (Å²) in [5, 5.41) is 5.34. The summed E-state index contributed by atoms with van der Waals surface area (Å²) < 4.78 is 2.64. The summed E-state index contributed by atoms with van der Waals surface area (Å²) in [5.41, 5.74) is 29.3. The molecule has 3 heteroatoms. The van der Waals surface area contributed by atoms with E-state index in [2.05, 4.69) is 251 Å². The molecule has 4 bridgehead atoms. The van der Waals surface area contributed by atoms with E-state index in [-0.39, 0.29) is 16.2 Å². The number of nitrogens with zero attached hydrogens (tertiary/aromatic N) is 3. The number of pyridine rings is 2. The van der Waals surface area contributed by atoms with Crippen LogP contribution >= 0.6 is 0 Å². The molecule has 4 fully saturated rings. The van der Waals surface area contributed by atoms with Crippen LogP contribution in [-0.4, -0.2) is 14.4 Å². The zero-order chi connectivity index (χ0) is 56.1. The predicted molar refractivity (Wildman–Crippen MR) is 346 cm³/mol. The third kappa shape index (κ3) is 5.50. The smallest absolute Gasteiger partial charge is 0.0892 e. The summed E-state index contributed by atoms with van der Waals surface area (Å²) in [6.45, 7) is 9.71. The van der Waals surface area contributed by atoms with Gasteiger partial charge in [0, 0.05) is 43.5 Å². The quantitative estimate of drug-likeness (QED) is 0.176. The summed E-state index contributed by atoms with van der Waals surface area (Å²) in [7, 11) is 0. The van der Waals surface area contributed by atoms with E-state index in [4.69, 9.17) is 9.97 Å². The van der Waals surface area contributed by atoms with Crippen molar-refractivity contribution in [3.8, 4) is 44.5 Å². The summed E-state index contributed by atoms with van der Waals surface area (Å²) in [5.74, 6) is 2.37. The van der Waals surface area contributed by atoms with Gasteiger partial charge in [-0.3, -0.25) is 9.97 Å². The summed E-state index contributed by atoms with van der Waals surface area (Å²) in [6.07, 6.45) is 12.6. The summed E-state index contributed by atoms with van der Waals surface area (Å²) in [6, 6.07) is 79.7. The molecule has 85 heavy (non-hydrogen) atoms. The Labute approximate surface area is 496 Å². The predicted octanol–water partition coefficient (Wildman–Crippen LogP) is 19.4. The Balaban J connectivity index is 0.988. The molecule has 21 rings (SSSR count). The van der Waals surface area contributed by atoms with Crippen LogP contribution < -0.4 is 0 Å². The van der Waals surface area contributed by atoms with Gasteiger partial charge in [-0.15, -0.1) is 0 Å². The largest absolute Gasteiger partial charge is 0.305 e. The molecule has 0 aliphatic heterocycles. The Kier molecular flexibility index (Phi) is 8.86. The lowest BCUT2D eigenvalue weighted by Crippen LogP contribution is -2.48. The first kappa shape index (κ1) is 47.4. The SMILES string of the molecule is CC1(C)c2ccccc2C2(c3ccccc31)c1cccc(-c3ccccc3)c1-c1c2ncc2c1c1cc(C34CC5CC(CC(C5)C3)C4)cc3c4c5c(ncc4n2c13)C1(c2ccccc2C(C)(C)c2ccccc21)c1cccc(-c2ccccc2)c1-5. The maximum Gasteiger partial charge on any atom is 0.0892 e. The normalized spacial score (nSPS) is 22.1. The molecule has 8 aliphatic carbocycles. The summed E-state index contributed by atoms with van der Waals surface area (Å²) in [4.78, 5) is 12.2. The van der Waals surface area contributed by atoms with Gasteiger partial charge in [0.15, 0.2) is 0 Å². The van der Waals surface area contributed by atoms with Crippen molar-refractivity contribution in [3.05, 3.63) is 291 Å². The molecule has 4 heterocycles. The first-order chi connectivity index (χ1) is 41.6. The fourth-order valence-corrected chi connectivity index (χ4v) is 20.7. The molecule has 0 N–H and O–H groups in total. The molecule has 4 aromatic heterocycles. The third-order valence-electron chi connectivity index (χ3n) is 23.5. The van der Waals surface area contributed by atoms with Gasteiger partial charge >= 0.3 is 0 Å². The van der Waals surface area contributed by atoms with E-state index in [1.807, 2.05) is 0 Å². The number of hydrogen-bond donors (Lipinski definition) is 0. The van der Waals surface area contributed by atoms with Gasteiger partial charge in [-0.1, -0.05) is 222 Å². The molecule has 3 nitrogen and oxygen atoms in total. The molecule has 0 radical (unpaired) electrons. The van der Waals surface area contributed by atoms with Crippen LogP contribution in [-0.2, 0) is 27.1 Å². The fourth-order valence-electron chi connectivity index (χ4n) is 20.7. The highest BCUT2D eigenvalue weighted by Crippen LogP contribution is 2.69. The molecule has 0 atom stereocenters. The van der Waals surface area contributed by atoms with Gasteiger partial charge in [0.1, 0.15) is 0 Å². The number of fused-ring (bicyclic) bond motifs is 26. The molecule has 0 amide bonds. The average Bonchev–Trinajstić information content (AvgIpc) is 1.53. The lowest BCUT2D eigenvalue weighted by atomic mass is 9.48. The Bertz CT molecular complexity index is 4680. The number of aromatic nitrogens is 3. The molecule has 2 spiro atoms. The maximum absolute atomic E-state index is 6.09. The van der Waals surface area contributed by atoms with Crippen LogP contribution in [0.3, 0.4) is 0 Å². The van der Waals surface area contributed by atoms with Crippen LogP contribution in [0.1, 0.15) is 139 Å². The van der Waals surface area contributed by atoms with Gasteiger partial charge < -0.3 is 4.40 Å². The van der Waals surface area contributed by atoms with E-state index >= 15 is 0 Å². The first-order valence-electron chi connectivity index (χ1n) is 31.5. The zero-order valence-corrected chi connectivity index (χ0v) is 48.6. The second-order valence-electron chi connectivity index (χ2n) is 28.1. The minimum atomic E-state index is -0.668. The van der Waals surface area contributed by atoms with Gasteiger partial charge in [0.2, 0.25) is 0 Å². The topological polar surface area (TPSA) is 30.2 Å². The lowest BCUT2D eigenvalue weighted by molar-refractivity contribution is -0.00508. The van der Waals surface area contributed by atoms with Crippen molar-refractivity contribution in [2.45, 2.75) is 93.3 Å². The van der Waals surface area contributed by atoms with Gasteiger partial charge in [-0.25, -0.2) is 0 Å². The monoisotopic (exact) mass is 1090 g/mol. The highest BCUT2D eigenvalue weighted by atomic mass is 15.0. The van der Waals surface area contributed by atoms with E-state index in [0.717, 1.165) is 40.2 Å². The minimum Gasteiger partial charge on any atom is -0.305 e. The summed E-state index contributed by atoms with van der Waals surface area (Å²) >= 11 is 0. The molecule has 13 aromatic rings.